The van der Waals surface area contributed by atoms with Crippen molar-refractivity contribution >= 4 is 23.8 Å². The van der Waals surface area contributed by atoms with Crippen LogP contribution in [-0.2, 0) is 4.79 Å². The predicted octanol–water partition coefficient (Wildman–Crippen LogP) is 1.52. The standard InChI is InChI=1S/C18H18N3O3/c1-12-6-8-13(9-7-12)17(23)20-15-5-3-4-14(10-15)18(24)21-16(11-22)19-2/h4-11,16,19H,1-2H3,(H,20,23)(H,21,24). The molecule has 0 spiro atoms. The summed E-state index contributed by atoms with van der Waals surface area (Å²) >= 11 is 0. The average Bonchev–Trinajstić information content (AvgIpc) is 2.60. The van der Waals surface area contributed by atoms with Crippen LogP contribution in [0.15, 0.2) is 42.5 Å². The van der Waals surface area contributed by atoms with Crippen molar-refractivity contribution in [3.05, 3.63) is 65.2 Å². The maximum Gasteiger partial charge on any atom is 0.255 e. The number of likely N-dealkylation sites (N-methyl/N-ethyl adjacent to an activating group) is 1. The minimum atomic E-state index is -0.775. The van der Waals surface area contributed by atoms with E-state index < -0.39 is 12.1 Å². The zero-order valence-corrected chi connectivity index (χ0v) is 13.4. The lowest BCUT2D eigenvalue weighted by Crippen LogP contribution is -2.44. The van der Waals surface area contributed by atoms with Crippen LogP contribution >= 0.6 is 0 Å². The molecule has 0 heterocycles. The Morgan fingerprint density at radius 2 is 1.79 bits per heavy atom. The van der Waals surface area contributed by atoms with Gasteiger partial charge in [-0.1, -0.05) is 17.7 Å². The van der Waals surface area contributed by atoms with Gasteiger partial charge in [-0.2, -0.15) is 0 Å². The number of carbonyl (C=O) groups is 3. The first-order chi connectivity index (χ1) is 11.5. The van der Waals surface area contributed by atoms with Gasteiger partial charge in [-0.25, -0.2) is 0 Å². The quantitative estimate of drug-likeness (QED) is 0.555. The normalized spacial score (nSPS) is 11.4. The highest BCUT2D eigenvalue weighted by Crippen LogP contribution is 2.12. The zero-order valence-electron chi connectivity index (χ0n) is 13.4. The highest BCUT2D eigenvalue weighted by Gasteiger charge is 2.12. The highest BCUT2D eigenvalue weighted by atomic mass is 16.2. The number of anilines is 1. The summed E-state index contributed by atoms with van der Waals surface area (Å²) in [4.78, 5) is 35.0. The lowest BCUT2D eigenvalue weighted by molar-refractivity contribution is -0.109. The third-order valence-electron chi connectivity index (χ3n) is 3.36. The van der Waals surface area contributed by atoms with Gasteiger partial charge in [0.15, 0.2) is 6.29 Å². The predicted molar refractivity (Wildman–Crippen MR) is 90.8 cm³/mol. The van der Waals surface area contributed by atoms with Gasteiger partial charge in [0.05, 0.1) is 0 Å². The fourth-order valence-electron chi connectivity index (χ4n) is 1.98. The fourth-order valence-corrected chi connectivity index (χ4v) is 1.98. The SMILES string of the molecule is CNC(C=O)NC(=O)c1c[c]cc(NC(=O)c2ccc(C)cc2)c1. The first-order valence-electron chi connectivity index (χ1n) is 7.36. The van der Waals surface area contributed by atoms with Gasteiger partial charge in [0.25, 0.3) is 11.8 Å². The Kier molecular flexibility index (Phi) is 5.81. The number of amides is 2. The molecule has 2 amide bonds. The van der Waals surface area contributed by atoms with Crippen molar-refractivity contribution in [1.29, 1.82) is 0 Å². The number of aldehydes is 1. The van der Waals surface area contributed by atoms with Crippen LogP contribution in [0.25, 0.3) is 0 Å². The minimum absolute atomic E-state index is 0.276. The summed E-state index contributed by atoms with van der Waals surface area (Å²) in [5, 5.41) is 7.86. The number of hydrogen-bond acceptors (Lipinski definition) is 4. The van der Waals surface area contributed by atoms with Gasteiger partial charge in [0.1, 0.15) is 6.17 Å². The van der Waals surface area contributed by atoms with E-state index in [0.29, 0.717) is 23.1 Å². The molecule has 0 aliphatic rings. The molecule has 123 valence electrons. The molecular formula is C18H18N3O3. The Morgan fingerprint density at radius 3 is 2.42 bits per heavy atom. The van der Waals surface area contributed by atoms with Crippen LogP contribution in [-0.4, -0.2) is 31.3 Å². The summed E-state index contributed by atoms with van der Waals surface area (Å²) in [6.45, 7) is 1.94. The number of nitrogens with one attached hydrogen (secondary N) is 3. The Labute approximate surface area is 140 Å². The molecule has 0 aliphatic carbocycles. The van der Waals surface area contributed by atoms with Crippen molar-refractivity contribution in [1.82, 2.24) is 10.6 Å². The Bertz CT molecular complexity index is 741. The molecule has 1 atom stereocenters. The highest BCUT2D eigenvalue weighted by molar-refractivity contribution is 6.05. The molecular weight excluding hydrogens is 306 g/mol. The molecule has 2 aromatic carbocycles. The lowest BCUT2D eigenvalue weighted by atomic mass is 10.1. The van der Waals surface area contributed by atoms with Gasteiger partial charge in [0, 0.05) is 16.8 Å². The van der Waals surface area contributed by atoms with Gasteiger partial charge >= 0.3 is 0 Å². The molecule has 1 radical (unpaired) electrons. The topological polar surface area (TPSA) is 87.3 Å². The first-order valence-corrected chi connectivity index (χ1v) is 7.36. The van der Waals surface area contributed by atoms with Crippen LogP contribution in [0.4, 0.5) is 5.69 Å². The summed E-state index contributed by atoms with van der Waals surface area (Å²) in [5.74, 6) is -0.717. The van der Waals surface area contributed by atoms with Crippen molar-refractivity contribution in [2.24, 2.45) is 0 Å². The van der Waals surface area contributed by atoms with Gasteiger partial charge in [-0.15, -0.1) is 0 Å². The van der Waals surface area contributed by atoms with E-state index in [1.54, 1.807) is 25.2 Å². The average molecular weight is 324 g/mol. The van der Waals surface area contributed by atoms with Gasteiger partial charge in [0.2, 0.25) is 0 Å². The lowest BCUT2D eigenvalue weighted by Gasteiger charge is -2.12. The van der Waals surface area contributed by atoms with E-state index in [1.807, 2.05) is 19.1 Å². The smallest absolute Gasteiger partial charge is 0.255 e. The molecule has 0 aliphatic heterocycles. The third-order valence-corrected chi connectivity index (χ3v) is 3.36. The van der Waals surface area contributed by atoms with Gasteiger partial charge in [-0.3, -0.25) is 19.7 Å². The van der Waals surface area contributed by atoms with E-state index in [4.69, 9.17) is 0 Å². The number of aryl methyl sites for hydroxylation is 1. The summed E-state index contributed by atoms with van der Waals surface area (Å²) in [7, 11) is 1.56. The number of benzene rings is 2. The van der Waals surface area contributed by atoms with Crippen molar-refractivity contribution < 1.29 is 14.4 Å². The molecule has 6 nitrogen and oxygen atoms in total. The van der Waals surface area contributed by atoms with Crippen molar-refractivity contribution in [3.63, 3.8) is 0 Å². The number of hydrogen-bond donors (Lipinski definition) is 3. The Hall–Kier alpha value is -2.99. The molecule has 3 N–H and O–H groups in total. The van der Waals surface area contributed by atoms with E-state index in [9.17, 15) is 14.4 Å². The maximum atomic E-state index is 12.2. The fraction of sp³-hybridized carbons (Fsp3) is 0.167. The van der Waals surface area contributed by atoms with Gasteiger partial charge in [-0.05, 0) is 50.4 Å². The zero-order chi connectivity index (χ0) is 17.5. The second-order valence-electron chi connectivity index (χ2n) is 5.21. The molecule has 0 saturated heterocycles. The molecule has 0 saturated carbocycles. The molecule has 1 unspecified atom stereocenters. The van der Waals surface area contributed by atoms with Crippen molar-refractivity contribution in [2.45, 2.75) is 13.1 Å². The monoisotopic (exact) mass is 324 g/mol. The molecule has 0 fully saturated rings. The summed E-state index contributed by atoms with van der Waals surface area (Å²) in [5.41, 5.74) is 2.32. The van der Waals surface area contributed by atoms with Gasteiger partial charge < -0.3 is 10.6 Å². The summed E-state index contributed by atoms with van der Waals surface area (Å²) in [6.07, 6.45) is -0.187. The number of carbonyl (C=O) groups excluding carboxylic acids is 3. The number of rotatable bonds is 6. The minimum Gasteiger partial charge on any atom is -0.330 e. The van der Waals surface area contributed by atoms with Crippen LogP contribution < -0.4 is 16.0 Å². The van der Waals surface area contributed by atoms with E-state index in [-0.39, 0.29) is 5.91 Å². The molecule has 24 heavy (non-hydrogen) atoms. The van der Waals surface area contributed by atoms with Crippen LogP contribution in [0, 0.1) is 13.0 Å². The summed E-state index contributed by atoms with van der Waals surface area (Å²) < 4.78 is 0. The van der Waals surface area contributed by atoms with E-state index >= 15 is 0 Å². The molecule has 2 rings (SSSR count). The Balaban J connectivity index is 2.09. The van der Waals surface area contributed by atoms with Crippen molar-refractivity contribution in [3.8, 4) is 0 Å². The van der Waals surface area contributed by atoms with E-state index in [0.717, 1.165) is 5.56 Å². The van der Waals surface area contributed by atoms with Crippen LogP contribution in [0.2, 0.25) is 0 Å². The molecule has 2 aromatic rings. The molecule has 0 bridgehead atoms. The van der Waals surface area contributed by atoms with Crippen LogP contribution in [0.1, 0.15) is 26.3 Å². The largest absolute Gasteiger partial charge is 0.330 e. The second kappa shape index (κ2) is 8.03. The van der Waals surface area contributed by atoms with E-state index in [2.05, 4.69) is 22.0 Å². The molecule has 0 aromatic heterocycles. The maximum absolute atomic E-state index is 12.2. The Morgan fingerprint density at radius 1 is 1.08 bits per heavy atom. The second-order valence-corrected chi connectivity index (χ2v) is 5.21. The van der Waals surface area contributed by atoms with Crippen LogP contribution in [0.5, 0.6) is 0 Å². The first kappa shape index (κ1) is 17.4. The molecule has 6 heteroatoms. The third kappa shape index (κ3) is 4.50. The van der Waals surface area contributed by atoms with Crippen molar-refractivity contribution in [2.75, 3.05) is 12.4 Å². The van der Waals surface area contributed by atoms with E-state index in [1.165, 1.54) is 12.1 Å². The summed E-state index contributed by atoms with van der Waals surface area (Å²) in [6, 6.07) is 14.5. The van der Waals surface area contributed by atoms with Crippen LogP contribution in [0.3, 0.4) is 0 Å².